The van der Waals surface area contributed by atoms with E-state index in [1.165, 1.54) is 0 Å². The van der Waals surface area contributed by atoms with Crippen molar-refractivity contribution < 1.29 is 39.5 Å². The van der Waals surface area contributed by atoms with Crippen LogP contribution in [-0.4, -0.2) is 37.7 Å². The molecule has 0 amide bonds. The van der Waals surface area contributed by atoms with E-state index in [2.05, 4.69) is 0 Å². The van der Waals surface area contributed by atoms with Gasteiger partial charge in [-0.2, -0.15) is 0 Å². The van der Waals surface area contributed by atoms with Crippen LogP contribution in [0.3, 0.4) is 0 Å². The molecule has 0 aromatic rings. The van der Waals surface area contributed by atoms with Crippen LogP contribution in [-0.2, 0) is 21.9 Å². The Hall–Kier alpha value is 1.41. The molecule has 0 bridgehead atoms. The summed E-state index contributed by atoms with van der Waals surface area (Å²) in [5, 5.41) is 0. The van der Waals surface area contributed by atoms with Crippen molar-refractivity contribution in [2.75, 3.05) is 0 Å². The average Bonchev–Trinajstić information content (AvgIpc) is 0.722. The summed E-state index contributed by atoms with van der Waals surface area (Å²) in [6.45, 7) is 0. The van der Waals surface area contributed by atoms with Gasteiger partial charge in [-0.25, -0.2) is 4.57 Å². The molecule has 0 aliphatic heterocycles. The fourth-order valence-corrected chi connectivity index (χ4v) is 0. The fraction of sp³-hybridized carbons (Fsp3) is 0. The fourth-order valence-electron chi connectivity index (χ4n) is 0. The summed E-state index contributed by atoms with van der Waals surface area (Å²) in [6, 6.07) is 0. The predicted octanol–water partition coefficient (Wildman–Crippen LogP) is -1.09. The molecule has 0 saturated heterocycles. The van der Waals surface area contributed by atoms with Crippen LogP contribution >= 0.6 is 7.82 Å². The molecule has 0 rings (SSSR count). The van der Waals surface area contributed by atoms with Gasteiger partial charge in [-0.15, -0.1) is 0 Å². The van der Waals surface area contributed by atoms with Crippen molar-refractivity contribution in [2.45, 2.75) is 0 Å². The zero-order valence-electron chi connectivity index (χ0n) is 5.31. The van der Waals surface area contributed by atoms with Gasteiger partial charge in [-0.3, -0.25) is 0 Å². The van der Waals surface area contributed by atoms with Gasteiger partial charge in [0.25, 0.3) is 0 Å². The molecular formula is H5CrMgO4P. The van der Waals surface area contributed by atoms with E-state index in [0.717, 1.165) is 0 Å². The second-order valence-corrected chi connectivity index (χ2v) is 1.54. The van der Waals surface area contributed by atoms with Crippen molar-refractivity contribution in [3.05, 3.63) is 0 Å². The van der Waals surface area contributed by atoms with Gasteiger partial charge in [-0.1, -0.05) is 0 Å². The second-order valence-electron chi connectivity index (χ2n) is 0.513. The van der Waals surface area contributed by atoms with Crippen LogP contribution in [0.25, 0.3) is 0 Å². The molecule has 0 radical (unpaired) electrons. The Labute approximate surface area is 70.4 Å². The maximum Gasteiger partial charge on any atom is 2.00 e. The molecule has 0 aliphatic carbocycles. The van der Waals surface area contributed by atoms with Crippen LogP contribution in [0, 0.1) is 0 Å². The maximum absolute atomic E-state index is 8.88. The average molecular weight is 176 g/mol. The smallest absolute Gasteiger partial charge is 1.00 e. The molecule has 4 nitrogen and oxygen atoms in total. The topological polar surface area (TPSA) is 77.8 Å². The zero-order chi connectivity index (χ0) is 4.50. The van der Waals surface area contributed by atoms with E-state index in [1.807, 2.05) is 0 Å². The first kappa shape index (κ1) is 15.8. The summed E-state index contributed by atoms with van der Waals surface area (Å²) in [5.74, 6) is 0. The van der Waals surface area contributed by atoms with Gasteiger partial charge in [-0.05, 0) is 0 Å². The number of hydrogen-bond donors (Lipinski definition) is 3. The summed E-state index contributed by atoms with van der Waals surface area (Å²) in [6.07, 6.45) is 0. The van der Waals surface area contributed by atoms with Crippen molar-refractivity contribution >= 4 is 30.9 Å². The van der Waals surface area contributed by atoms with E-state index in [-0.39, 0.29) is 43.3 Å². The molecule has 0 aromatic heterocycles. The molecule has 0 aliphatic rings. The molecular weight excluding hydrogens is 171 g/mol. The normalized spacial score (nSPS) is 8.43. The van der Waals surface area contributed by atoms with Crippen LogP contribution in [0.2, 0.25) is 0 Å². The monoisotopic (exact) mass is 176 g/mol. The minimum atomic E-state index is -4.64. The van der Waals surface area contributed by atoms with Crippen molar-refractivity contribution in [1.29, 1.82) is 0 Å². The van der Waals surface area contributed by atoms with Gasteiger partial charge in [0, 0.05) is 17.4 Å². The van der Waals surface area contributed by atoms with Gasteiger partial charge >= 0.3 is 30.9 Å². The van der Waals surface area contributed by atoms with E-state index in [1.54, 1.807) is 0 Å². The molecule has 0 heterocycles. The first-order valence-corrected chi connectivity index (χ1v) is 2.35. The van der Waals surface area contributed by atoms with Crippen molar-refractivity contribution in [3.63, 3.8) is 0 Å². The third-order valence-corrected chi connectivity index (χ3v) is 0. The first-order chi connectivity index (χ1) is 2.00. The summed E-state index contributed by atoms with van der Waals surface area (Å²) >= 11 is 0. The molecule has 0 spiro atoms. The van der Waals surface area contributed by atoms with Gasteiger partial charge in [0.1, 0.15) is 0 Å². The van der Waals surface area contributed by atoms with E-state index in [0.29, 0.717) is 0 Å². The Morgan fingerprint density at radius 1 is 1.29 bits per heavy atom. The third kappa shape index (κ3) is 109. The molecule has 0 atom stereocenters. The summed E-state index contributed by atoms with van der Waals surface area (Å²) in [5.41, 5.74) is 0. The predicted molar refractivity (Wildman–Crippen MR) is 22.2 cm³/mol. The van der Waals surface area contributed by atoms with Crippen molar-refractivity contribution in [3.8, 4) is 0 Å². The van der Waals surface area contributed by atoms with E-state index < -0.39 is 7.82 Å². The second kappa shape index (κ2) is 5.54. The standard InChI is InChI=1S/Cr.Mg.H3O4P.2H/c;;1-5(2,3)4;;/h;;(H3,1,2,3,4);;/q;+2;;2*-1. The largest absolute Gasteiger partial charge is 2.00 e. The number of hydrogen-bond acceptors (Lipinski definition) is 1. The minimum absolute atomic E-state index is 0. The summed E-state index contributed by atoms with van der Waals surface area (Å²) in [7, 11) is -4.64. The maximum atomic E-state index is 8.88. The molecule has 3 N–H and O–H groups in total. The van der Waals surface area contributed by atoms with Gasteiger partial charge in [0.2, 0.25) is 0 Å². The van der Waals surface area contributed by atoms with E-state index >= 15 is 0 Å². The van der Waals surface area contributed by atoms with E-state index in [9.17, 15) is 0 Å². The zero-order valence-corrected chi connectivity index (χ0v) is 6.90. The van der Waals surface area contributed by atoms with Crippen LogP contribution in [0.15, 0.2) is 0 Å². The van der Waals surface area contributed by atoms with Gasteiger partial charge in [0.05, 0.1) is 0 Å². The minimum Gasteiger partial charge on any atom is -1.00 e. The Morgan fingerprint density at radius 3 is 1.29 bits per heavy atom. The number of phosphoric acid groups is 1. The molecule has 42 valence electrons. The molecule has 0 saturated carbocycles. The van der Waals surface area contributed by atoms with Crippen molar-refractivity contribution in [1.82, 2.24) is 0 Å². The molecule has 0 fully saturated rings. The Morgan fingerprint density at radius 2 is 1.29 bits per heavy atom. The quantitative estimate of drug-likeness (QED) is 0.324. The van der Waals surface area contributed by atoms with Crippen molar-refractivity contribution in [2.24, 2.45) is 0 Å². The summed E-state index contributed by atoms with van der Waals surface area (Å²) < 4.78 is 8.88. The van der Waals surface area contributed by atoms with Crippen LogP contribution in [0.4, 0.5) is 0 Å². The Balaban J connectivity index is -0.0000000133. The molecule has 0 aromatic carbocycles. The SMILES string of the molecule is O=P(O)(O)O.[Cr].[H-].[H-].[Mg+2]. The number of rotatable bonds is 0. The van der Waals surface area contributed by atoms with Gasteiger partial charge in [0.15, 0.2) is 0 Å². The van der Waals surface area contributed by atoms with E-state index in [4.69, 9.17) is 19.2 Å². The first-order valence-electron chi connectivity index (χ1n) is 0.783. The molecule has 0 unspecified atom stereocenters. The molecule has 7 heteroatoms. The summed E-state index contributed by atoms with van der Waals surface area (Å²) in [4.78, 5) is 21.6. The van der Waals surface area contributed by atoms with Crippen LogP contribution in [0.1, 0.15) is 2.85 Å². The Bertz CT molecular complexity index is 64.7. The molecule has 7 heavy (non-hydrogen) atoms. The van der Waals surface area contributed by atoms with Gasteiger partial charge < -0.3 is 17.5 Å². The van der Waals surface area contributed by atoms with Crippen LogP contribution in [0.5, 0.6) is 0 Å². The Kier molecular flexibility index (Phi) is 12.5. The van der Waals surface area contributed by atoms with Crippen LogP contribution < -0.4 is 0 Å². The third-order valence-electron chi connectivity index (χ3n) is 0.